The van der Waals surface area contributed by atoms with Crippen LogP contribution in [0.5, 0.6) is 0 Å². The first-order valence-corrected chi connectivity index (χ1v) is 51.2. The average molecular weight is 1800 g/mol. The first-order valence-electron chi connectivity index (χ1n) is 34.9. The minimum absolute atomic E-state index is 0. The highest BCUT2D eigenvalue weighted by Gasteiger charge is 2.59. The largest absolute Gasteiger partial charge is 0.408 e. The molecule has 8 unspecified atom stereocenters. The molecule has 20 atom stereocenters. The third-order valence-corrected chi connectivity index (χ3v) is 35.0. The summed E-state index contributed by atoms with van der Waals surface area (Å²) in [5.41, 5.74) is 17.0. The van der Waals surface area contributed by atoms with E-state index in [1.165, 1.54) is 56.2 Å². The third kappa shape index (κ3) is 19.8. The van der Waals surface area contributed by atoms with Gasteiger partial charge in [-0.15, -0.1) is 0 Å². The Balaban J connectivity index is 0.000000229. The van der Waals surface area contributed by atoms with Crippen LogP contribution in [0.2, 0.25) is 36.3 Å². The lowest BCUT2D eigenvalue weighted by atomic mass is 9.81. The Hall–Kier alpha value is -5.10. The Morgan fingerprint density at radius 2 is 0.948 bits per heavy atom. The summed E-state index contributed by atoms with van der Waals surface area (Å²) in [6, 6.07) is 0. The molecule has 8 aromatic rings. The second-order valence-electron chi connectivity index (χ2n) is 29.8. The number of imidazole rings is 4. The molecule has 6 aliphatic rings. The predicted octanol–water partition coefficient (Wildman–Crippen LogP) is 5.50. The summed E-state index contributed by atoms with van der Waals surface area (Å²) in [5.74, 6) is -1.05. The number of carbonyl (C=O) groups is 1. The number of hydrogen-bond acceptors (Lipinski definition) is 35. The van der Waals surface area contributed by atoms with Crippen molar-refractivity contribution in [1.29, 1.82) is 0 Å². The van der Waals surface area contributed by atoms with E-state index >= 15 is 8.78 Å². The van der Waals surface area contributed by atoms with Crippen molar-refractivity contribution >= 4 is 181 Å². The van der Waals surface area contributed by atoms with Gasteiger partial charge >= 0.3 is 27.0 Å². The molecule has 0 aliphatic carbocycles. The van der Waals surface area contributed by atoms with Crippen molar-refractivity contribution in [3.63, 3.8) is 0 Å². The van der Waals surface area contributed by atoms with Gasteiger partial charge in [0.2, 0.25) is 17.8 Å². The number of amides is 1. The Bertz CT molecular complexity index is 5180. The van der Waals surface area contributed by atoms with Crippen molar-refractivity contribution in [3.05, 3.63) is 58.7 Å². The van der Waals surface area contributed by atoms with Gasteiger partial charge in [0.25, 0.3) is 11.1 Å². The van der Waals surface area contributed by atoms with Gasteiger partial charge in [0.1, 0.15) is 84.7 Å². The number of nitrogens with one attached hydrogen (secondary N) is 3. The lowest BCUT2D eigenvalue weighted by Gasteiger charge is -2.40. The highest BCUT2D eigenvalue weighted by atomic mass is 32.7. The van der Waals surface area contributed by atoms with Gasteiger partial charge in [-0.05, 0) is 78.6 Å². The summed E-state index contributed by atoms with van der Waals surface area (Å²) in [6.45, 7) is 5.76. The van der Waals surface area contributed by atoms with Crippen molar-refractivity contribution in [1.82, 2.24) is 78.1 Å². The normalized spacial score (nSPS) is 32.3. The van der Waals surface area contributed by atoms with E-state index in [-0.39, 0.29) is 92.3 Å². The zero-order valence-electron chi connectivity index (χ0n) is 63.3. The first-order chi connectivity index (χ1) is 53.2. The second kappa shape index (κ2) is 35.5. The summed E-state index contributed by atoms with van der Waals surface area (Å²) >= 11 is 20.6. The quantitative estimate of drug-likeness (QED) is 0.0457. The topological polar surface area (TPSA) is 549 Å². The molecule has 13 N–H and O–H groups in total. The van der Waals surface area contributed by atoms with E-state index < -0.39 is 191 Å². The van der Waals surface area contributed by atoms with Crippen molar-refractivity contribution < 1.29 is 102 Å². The molecule has 1 amide bonds. The van der Waals surface area contributed by atoms with E-state index in [2.05, 4.69) is 92.8 Å². The van der Waals surface area contributed by atoms with Gasteiger partial charge in [-0.3, -0.25) is 70.6 Å². The molecule has 115 heavy (non-hydrogen) atoms. The molecule has 56 heteroatoms. The van der Waals surface area contributed by atoms with Gasteiger partial charge in [0.05, 0.1) is 51.7 Å². The van der Waals surface area contributed by atoms with Crippen LogP contribution in [0.15, 0.2) is 47.6 Å². The molecule has 4 bridgehead atoms. The number of anilines is 4. The molecule has 6 fully saturated rings. The molecule has 14 heterocycles. The van der Waals surface area contributed by atoms with E-state index in [9.17, 15) is 33.6 Å². The number of thiol groups is 1. The van der Waals surface area contributed by atoms with Crippen LogP contribution >= 0.6 is 39.2 Å². The molecule has 8 aromatic heterocycles. The summed E-state index contributed by atoms with van der Waals surface area (Å²) in [5, 5.41) is 9.46. The number of halogens is 2. The SMILES string of the molecule is C.CC(C)(C)[Si](C)(C)O[C@@H]1C2OP(O)(=S)OC[C@H]3O[C@@H](n4cnc5c(N)ncnc54)C(F)[C@H]3OP(=O)(S)OC[C@H]1O[C@H]2n1cnc2c(=O)[nH]c(N)nc21.CC(C)C(=O)Nc1nc2c(ncn2[C@@H]2O[C@@H]3COP(O)(=S)O[C@@H]4C(F)[C@H](n5cnc6c(N)ncnc65)O[C@@H]4COP(O)(=S)OC2[C@H]3O[Si](C)(C)C(C)(C)C)c(=O)[nH]1.CCO.[B][B]. The number of ether oxygens (including phenoxy) is 4. The molecule has 42 nitrogen and oxygen atoms in total. The molecule has 0 aromatic carbocycles. The number of rotatable bonds is 10. The summed E-state index contributed by atoms with van der Waals surface area (Å²) in [7, 11) is 2.60. The molecule has 6 saturated heterocycles. The standard InChI is InChI=1S/C30H43FN10O11P2S2Si.C26H37FN10O10P2S2Si.C2H6O.CH4.B2/c1-13(2)25(42)38-29-37-24-18(26(43)39-29)36-12-41(24)28-21-20(52-57(6,7)30(3,4)5)15(49-28)9-47-53(44,55)50-19-14(8-46-54(45,56)51-21)48-27(16(19)31)40-11-35-17-22(32)33-10-34-23(17)40;1-26(2,3)52(4,5)47-17-12-7-42-48(39,50)45-16-11(43-23(13(16)27)36-9-32-14-19(28)30-8-31-20(14)36)6-41-49(40,51)46-18(17)24(44-12)37-10-33-15-21(37)34-25(29)35-22(15)38;1-2-3;;1-2/h10-16,19-21,27-28H,8-9H2,1-7H3,(H,44,55)(H,45,56)(H2,32,33,34)(H2,37,38,39,42,43);8-13,16-18,23-24H,6-7H2,1-5H3,(H,39,50)(H,40,51)(H2,28,30,31)(H3,29,34,35,38);3H,2H2,1H3;1H4;/t14-,15-,16?,19+,20+,21?,27-,28-,53?,54?;11-,12-,13?,16+,17+,18?,23-,24-,48?,49?;;;/m11.../s1. The van der Waals surface area contributed by atoms with E-state index in [0.717, 1.165) is 0 Å². The van der Waals surface area contributed by atoms with Crippen molar-refractivity contribution in [2.75, 3.05) is 55.6 Å². The van der Waals surface area contributed by atoms with E-state index in [4.69, 9.17) is 122 Å². The van der Waals surface area contributed by atoms with E-state index in [1.807, 2.05) is 67.7 Å². The fourth-order valence-electron chi connectivity index (χ4n) is 12.1. The number of H-pyrrole nitrogens is 2. The monoisotopic (exact) mass is 1800 g/mol. The van der Waals surface area contributed by atoms with Crippen LogP contribution in [0.1, 0.15) is 94.7 Å². The zero-order chi connectivity index (χ0) is 83.7. The van der Waals surface area contributed by atoms with Gasteiger partial charge in [-0.25, -0.2) is 53.2 Å². The van der Waals surface area contributed by atoms with Crippen LogP contribution in [0.4, 0.5) is 32.3 Å². The molecule has 14 rings (SSSR count). The maximum Gasteiger partial charge on any atom is 0.386 e. The summed E-state index contributed by atoms with van der Waals surface area (Å²) < 4.78 is 138. The molecule has 6 aliphatic heterocycles. The second-order valence-corrected chi connectivity index (χ2v) is 50.6. The number of alkyl halides is 2. The van der Waals surface area contributed by atoms with Crippen LogP contribution in [-0.4, -0.2) is 242 Å². The van der Waals surface area contributed by atoms with Gasteiger partial charge in [-0.1, -0.05) is 75.1 Å². The number of hydrogen-bond donors (Lipinski definition) is 11. The van der Waals surface area contributed by atoms with Crippen LogP contribution in [0.25, 0.3) is 44.7 Å². The molecule has 0 spiro atoms. The predicted molar refractivity (Wildman–Crippen MR) is 434 cm³/mol. The third-order valence-electron chi connectivity index (χ3n) is 19.7. The molecular formula is C59H90B2F2N20O22P4S4Si2. The Morgan fingerprint density at radius 1 is 0.600 bits per heavy atom. The molecular weight excluding hydrogens is 1710 g/mol. The minimum atomic E-state index is -4.42. The fourth-order valence-corrected chi connectivity index (χ4v) is 20.5. The highest BCUT2D eigenvalue weighted by Crippen LogP contribution is 2.60. The van der Waals surface area contributed by atoms with Crippen LogP contribution in [0.3, 0.4) is 0 Å². The zero-order valence-corrected chi connectivity index (χ0v) is 72.2. The number of aliphatic hydroxyl groups excluding tert-OH is 1. The highest BCUT2D eigenvalue weighted by molar-refractivity contribution is 8.44. The van der Waals surface area contributed by atoms with Crippen molar-refractivity contribution in [2.24, 2.45) is 5.92 Å². The Morgan fingerprint density at radius 3 is 1.36 bits per heavy atom. The summed E-state index contributed by atoms with van der Waals surface area (Å²) in [6.07, 6.45) is -14.7. The number of nitrogen functional groups attached to an aromatic ring is 3. The maximum absolute atomic E-state index is 16.4. The van der Waals surface area contributed by atoms with Crippen molar-refractivity contribution in [2.45, 2.75) is 204 Å². The maximum atomic E-state index is 16.4. The molecule has 4 radical (unpaired) electrons. The lowest BCUT2D eigenvalue weighted by Crippen LogP contribution is -2.50. The fraction of sp³-hybridized carbons (Fsp3) is 0.644. The Kier molecular flexibility index (Phi) is 28.5. The van der Waals surface area contributed by atoms with Gasteiger partial charge < -0.3 is 78.4 Å². The average Bonchev–Trinajstić information content (AvgIpc) is 1.61. The number of aromatic amines is 2. The van der Waals surface area contributed by atoms with Crippen molar-refractivity contribution in [3.8, 4) is 0 Å². The number of aliphatic hydroxyl groups is 1. The number of nitrogens with two attached hydrogens (primary N) is 3. The van der Waals surface area contributed by atoms with E-state index in [1.54, 1.807) is 20.8 Å². The summed E-state index contributed by atoms with van der Waals surface area (Å²) in [4.78, 5) is 120. The number of carbonyl (C=O) groups excluding carboxylic acids is 1. The van der Waals surface area contributed by atoms with Gasteiger partial charge in [-0.2, -0.15) is 9.97 Å². The number of aromatic nitrogens is 16. The van der Waals surface area contributed by atoms with Crippen LogP contribution in [0, 0.1) is 5.92 Å². The minimum Gasteiger partial charge on any atom is -0.408 e. The van der Waals surface area contributed by atoms with Gasteiger partial charge in [0.15, 0.2) is 99.1 Å². The van der Waals surface area contributed by atoms with Gasteiger partial charge in [0, 0.05) is 28.0 Å². The first kappa shape index (κ1) is 92.2. The molecule has 0 saturated carbocycles. The smallest absolute Gasteiger partial charge is 0.386 e. The Labute approximate surface area is 681 Å². The van der Waals surface area contributed by atoms with Crippen LogP contribution in [-0.2, 0) is 109 Å². The van der Waals surface area contributed by atoms with Crippen LogP contribution < -0.4 is 33.6 Å². The molecule has 630 valence electrons. The number of fused-ring (bicyclic) bond motifs is 10. The number of nitrogens with zero attached hydrogens (tertiary/aromatic N) is 14. The lowest BCUT2D eigenvalue weighted by molar-refractivity contribution is -0.119. The van der Waals surface area contributed by atoms with E-state index in [0.29, 0.717) is 0 Å².